The minimum absolute atomic E-state index is 0.0281. The number of likely N-dealkylation sites (N-methyl/N-ethyl adjacent to an activating group) is 1. The minimum atomic E-state index is -4.38. The van der Waals surface area contributed by atoms with Crippen molar-refractivity contribution in [2.75, 3.05) is 45.7 Å². The highest BCUT2D eigenvalue weighted by molar-refractivity contribution is 5.98. The van der Waals surface area contributed by atoms with Gasteiger partial charge in [-0.05, 0) is 73.8 Å². The van der Waals surface area contributed by atoms with Crippen LogP contribution in [0.4, 0.5) is 23.5 Å². The number of hydrogen-bond acceptors (Lipinski definition) is 7. The molecule has 6 rings (SSSR count). The number of ether oxygens (including phenoxy) is 1. The Labute approximate surface area is 281 Å². The fourth-order valence-electron chi connectivity index (χ4n) is 6.44. The number of imidazole rings is 1. The number of benzene rings is 3. The van der Waals surface area contributed by atoms with Gasteiger partial charge in [-0.3, -0.25) is 4.79 Å². The molecule has 0 bridgehead atoms. The smallest absolute Gasteiger partial charge is 0.406 e. The molecule has 0 spiro atoms. The van der Waals surface area contributed by atoms with Gasteiger partial charge in [-0.1, -0.05) is 24.3 Å². The zero-order valence-electron chi connectivity index (χ0n) is 27.3. The number of aromatic nitrogens is 5. The Morgan fingerprint density at radius 2 is 1.86 bits per heavy atom. The van der Waals surface area contributed by atoms with E-state index < -0.39 is 12.7 Å². The van der Waals surface area contributed by atoms with Gasteiger partial charge in [0, 0.05) is 44.2 Å². The predicted molar refractivity (Wildman–Crippen MR) is 178 cm³/mol. The van der Waals surface area contributed by atoms with Crippen LogP contribution in [-0.4, -0.2) is 93.2 Å². The first-order chi connectivity index (χ1) is 23.6. The zero-order valence-corrected chi connectivity index (χ0v) is 27.3. The molecule has 1 aliphatic rings. The lowest BCUT2D eigenvalue weighted by atomic mass is 9.93. The van der Waals surface area contributed by atoms with Gasteiger partial charge in [-0.2, -0.15) is 28.6 Å². The van der Waals surface area contributed by atoms with Crippen molar-refractivity contribution in [3.8, 4) is 17.0 Å². The van der Waals surface area contributed by atoms with Crippen LogP contribution in [0.15, 0.2) is 72.9 Å². The van der Waals surface area contributed by atoms with Gasteiger partial charge in [-0.15, -0.1) is 0 Å². The van der Waals surface area contributed by atoms with E-state index in [9.17, 15) is 22.4 Å². The van der Waals surface area contributed by atoms with Crippen LogP contribution < -0.4 is 10.1 Å². The number of H-pyrrole nitrogens is 1. The van der Waals surface area contributed by atoms with Crippen LogP contribution in [0.2, 0.25) is 0 Å². The number of hydrogen-bond donors (Lipinski definition) is 2. The van der Waals surface area contributed by atoms with Crippen molar-refractivity contribution >= 4 is 22.9 Å². The molecule has 1 saturated heterocycles. The molecule has 14 heteroatoms. The second-order valence-electron chi connectivity index (χ2n) is 12.4. The Morgan fingerprint density at radius 1 is 1.10 bits per heavy atom. The van der Waals surface area contributed by atoms with Crippen molar-refractivity contribution in [1.29, 1.82) is 0 Å². The van der Waals surface area contributed by atoms with Gasteiger partial charge in [0.05, 0.1) is 29.9 Å². The van der Waals surface area contributed by atoms with Gasteiger partial charge in [0.15, 0.2) is 0 Å². The molecule has 5 aromatic rings. The Hall–Kier alpha value is -4.98. The van der Waals surface area contributed by atoms with E-state index >= 15 is 0 Å². The van der Waals surface area contributed by atoms with Gasteiger partial charge in [0.25, 0.3) is 5.91 Å². The number of carbonyl (C=O) groups is 1. The number of amides is 1. The summed E-state index contributed by atoms with van der Waals surface area (Å²) in [4.78, 5) is 22.2. The number of alkyl halides is 3. The van der Waals surface area contributed by atoms with E-state index in [1.54, 1.807) is 66.7 Å². The standard InChI is InChI=1S/C35H38F4N8O2/c1-45(33(48)28-19-24(9-12-32(28)49-2)30-20-40-44-43-30)21-25(23-7-10-26(36)11-8-23)13-16-46-17-14-27(15-18-46)41-34-42-29-5-3-4-6-31(29)47(34)22-35(37,38)39/h3-12,19-20,25,27H,13-18,21-22H2,1-2H3,(H,41,42)(H,40,43,44). The number of piperidine rings is 1. The topological polar surface area (TPSA) is 104 Å². The Kier molecular flexibility index (Phi) is 10.1. The molecule has 3 aromatic carbocycles. The highest BCUT2D eigenvalue weighted by Gasteiger charge is 2.31. The number of anilines is 1. The van der Waals surface area contributed by atoms with Gasteiger partial charge < -0.3 is 24.4 Å². The lowest BCUT2D eigenvalue weighted by molar-refractivity contribution is -0.139. The first kappa shape index (κ1) is 33.9. The maximum absolute atomic E-state index is 13.9. The highest BCUT2D eigenvalue weighted by Crippen LogP contribution is 2.30. The molecular formula is C35H38F4N8O2. The van der Waals surface area contributed by atoms with Crippen LogP contribution >= 0.6 is 0 Å². The summed E-state index contributed by atoms with van der Waals surface area (Å²) in [6.45, 7) is 1.49. The van der Waals surface area contributed by atoms with Crippen LogP contribution in [0, 0.1) is 5.82 Å². The summed E-state index contributed by atoms with van der Waals surface area (Å²) < 4.78 is 60.9. The predicted octanol–water partition coefficient (Wildman–Crippen LogP) is 6.35. The third kappa shape index (κ3) is 8.19. The SMILES string of the molecule is COc1ccc(-c2cn[nH]n2)cc1C(=O)N(C)CC(CCN1CCC(Nc2nc3ccccc3n2CC(F)(F)F)CC1)c1ccc(F)cc1. The molecule has 2 aromatic heterocycles. The molecule has 1 unspecified atom stereocenters. The molecule has 1 aliphatic heterocycles. The summed E-state index contributed by atoms with van der Waals surface area (Å²) in [5.74, 6) is 0.0203. The second-order valence-corrected chi connectivity index (χ2v) is 12.4. The van der Waals surface area contributed by atoms with E-state index in [0.29, 0.717) is 41.0 Å². The van der Waals surface area contributed by atoms with E-state index in [-0.39, 0.29) is 29.6 Å². The molecular weight excluding hydrogens is 640 g/mol. The first-order valence-corrected chi connectivity index (χ1v) is 16.1. The van der Waals surface area contributed by atoms with Crippen molar-refractivity contribution in [1.82, 2.24) is 34.8 Å². The second kappa shape index (κ2) is 14.6. The molecule has 49 heavy (non-hydrogen) atoms. The Bertz CT molecular complexity index is 1850. The molecule has 2 N–H and O–H groups in total. The van der Waals surface area contributed by atoms with E-state index in [1.807, 2.05) is 6.07 Å². The number of rotatable bonds is 12. The number of fused-ring (bicyclic) bond motifs is 1. The van der Waals surface area contributed by atoms with Crippen LogP contribution in [0.3, 0.4) is 0 Å². The molecule has 0 radical (unpaired) electrons. The van der Waals surface area contributed by atoms with Gasteiger partial charge >= 0.3 is 6.18 Å². The maximum Gasteiger partial charge on any atom is 0.406 e. The number of likely N-dealkylation sites (tertiary alicyclic amines) is 1. The average molecular weight is 679 g/mol. The molecule has 1 atom stereocenters. The molecule has 258 valence electrons. The van der Waals surface area contributed by atoms with E-state index in [4.69, 9.17) is 4.74 Å². The molecule has 1 amide bonds. The number of aromatic amines is 1. The van der Waals surface area contributed by atoms with Crippen molar-refractivity contribution in [2.45, 2.75) is 43.9 Å². The summed E-state index contributed by atoms with van der Waals surface area (Å²) in [6, 6.07) is 18.5. The summed E-state index contributed by atoms with van der Waals surface area (Å²) >= 11 is 0. The van der Waals surface area contributed by atoms with Gasteiger partial charge in [0.1, 0.15) is 23.8 Å². The fourth-order valence-corrected chi connectivity index (χ4v) is 6.44. The summed E-state index contributed by atoms with van der Waals surface area (Å²) in [5, 5.41) is 13.8. The largest absolute Gasteiger partial charge is 0.496 e. The van der Waals surface area contributed by atoms with Crippen LogP contribution in [0.1, 0.15) is 41.1 Å². The lowest BCUT2D eigenvalue weighted by Crippen LogP contribution is -2.41. The van der Waals surface area contributed by atoms with E-state index in [0.717, 1.165) is 43.6 Å². The third-order valence-corrected chi connectivity index (χ3v) is 9.03. The molecule has 10 nitrogen and oxygen atoms in total. The maximum atomic E-state index is 13.9. The quantitative estimate of drug-likeness (QED) is 0.148. The van der Waals surface area contributed by atoms with Crippen molar-refractivity contribution in [3.63, 3.8) is 0 Å². The fraction of sp³-hybridized carbons (Fsp3) is 0.371. The number of halogens is 4. The number of para-hydroxylation sites is 2. The zero-order chi connectivity index (χ0) is 34.5. The van der Waals surface area contributed by atoms with E-state index in [2.05, 4.69) is 30.6 Å². The Morgan fingerprint density at radius 3 is 2.55 bits per heavy atom. The van der Waals surface area contributed by atoms with Crippen LogP contribution in [0.25, 0.3) is 22.3 Å². The van der Waals surface area contributed by atoms with Crippen molar-refractivity contribution < 1.29 is 27.1 Å². The van der Waals surface area contributed by atoms with Gasteiger partial charge in [-0.25, -0.2) is 9.37 Å². The summed E-state index contributed by atoms with van der Waals surface area (Å²) in [6.07, 6.45) is -0.629. The van der Waals surface area contributed by atoms with Crippen molar-refractivity contribution in [2.24, 2.45) is 0 Å². The monoisotopic (exact) mass is 678 g/mol. The Balaban J connectivity index is 1.10. The molecule has 0 saturated carbocycles. The number of nitrogens with zero attached hydrogens (tertiary/aromatic N) is 6. The molecule has 3 heterocycles. The number of carbonyl (C=O) groups excluding carboxylic acids is 1. The molecule has 0 aliphatic carbocycles. The highest BCUT2D eigenvalue weighted by atomic mass is 19.4. The van der Waals surface area contributed by atoms with E-state index in [1.165, 1.54) is 23.8 Å². The van der Waals surface area contributed by atoms with Gasteiger partial charge in [0.2, 0.25) is 5.95 Å². The number of nitrogens with one attached hydrogen (secondary N) is 2. The lowest BCUT2D eigenvalue weighted by Gasteiger charge is -2.34. The van der Waals surface area contributed by atoms with Crippen molar-refractivity contribution in [3.05, 3.63) is 89.9 Å². The third-order valence-electron chi connectivity index (χ3n) is 9.03. The summed E-state index contributed by atoms with van der Waals surface area (Å²) in [7, 11) is 3.25. The van der Waals surface area contributed by atoms with Crippen LogP contribution in [0.5, 0.6) is 5.75 Å². The summed E-state index contributed by atoms with van der Waals surface area (Å²) in [5.41, 5.74) is 3.59. The minimum Gasteiger partial charge on any atom is -0.496 e. The number of methoxy groups -OCH3 is 1. The normalized spacial score (nSPS) is 15.0. The first-order valence-electron chi connectivity index (χ1n) is 16.1. The molecule has 1 fully saturated rings. The van der Waals surface area contributed by atoms with Crippen LogP contribution in [-0.2, 0) is 6.54 Å². The average Bonchev–Trinajstić information content (AvgIpc) is 3.75.